The van der Waals surface area contributed by atoms with Crippen LogP contribution in [0.15, 0.2) is 24.2 Å². The van der Waals surface area contributed by atoms with Gasteiger partial charge in [0.1, 0.15) is 5.82 Å². The number of carbonyl (C=O) groups is 2. The number of aryl methyl sites for hydroxylation is 1. The fraction of sp³-hybridized carbons (Fsp3) is 0.741. The van der Waals surface area contributed by atoms with Crippen molar-refractivity contribution in [3.63, 3.8) is 0 Å². The zero-order chi connectivity index (χ0) is 24.6. The third kappa shape index (κ3) is 4.50. The Kier molecular flexibility index (Phi) is 6.88. The van der Waals surface area contributed by atoms with Gasteiger partial charge in [-0.05, 0) is 51.6 Å². The molecule has 0 bridgehead atoms. The molecule has 4 heterocycles. The van der Waals surface area contributed by atoms with Crippen molar-refractivity contribution in [2.45, 2.75) is 88.2 Å². The molecule has 1 aromatic rings. The predicted molar refractivity (Wildman–Crippen MR) is 135 cm³/mol. The van der Waals surface area contributed by atoms with Crippen molar-refractivity contribution in [2.24, 2.45) is 13.0 Å². The number of hydrogen-bond acceptors (Lipinski definition) is 7. The molecule has 2 saturated heterocycles. The highest BCUT2D eigenvalue weighted by Crippen LogP contribution is 2.44. The second kappa shape index (κ2) is 10.3. The molecular formula is C27H40N6O3. The molecule has 1 aromatic heterocycles. The number of morpholine rings is 1. The summed E-state index contributed by atoms with van der Waals surface area (Å²) in [7, 11) is 2.01. The summed E-state index contributed by atoms with van der Waals surface area (Å²) in [5, 5.41) is 6.75. The van der Waals surface area contributed by atoms with E-state index in [0.717, 1.165) is 51.1 Å². The summed E-state index contributed by atoms with van der Waals surface area (Å²) in [5.74, 6) is 0.602. The van der Waals surface area contributed by atoms with E-state index in [0.29, 0.717) is 18.7 Å². The van der Waals surface area contributed by atoms with Gasteiger partial charge in [-0.15, -0.1) is 0 Å². The van der Waals surface area contributed by atoms with Crippen molar-refractivity contribution >= 4 is 11.7 Å². The molecule has 3 aliphatic heterocycles. The number of nitrogens with zero attached hydrogens (tertiary/aromatic N) is 4. The average molecular weight is 497 g/mol. The molecule has 9 heteroatoms. The summed E-state index contributed by atoms with van der Waals surface area (Å²) in [5.41, 5.74) is 0.349. The Morgan fingerprint density at radius 1 is 1.14 bits per heavy atom. The van der Waals surface area contributed by atoms with E-state index in [1.54, 1.807) is 0 Å². The summed E-state index contributed by atoms with van der Waals surface area (Å²) in [6, 6.07) is 0.396. The fourth-order valence-corrected chi connectivity index (χ4v) is 7.20. The molecule has 0 radical (unpaired) electrons. The first-order valence-electron chi connectivity index (χ1n) is 14.0. The number of fused-ring (bicyclic) bond motifs is 2. The monoisotopic (exact) mass is 496 g/mol. The number of ketones is 1. The van der Waals surface area contributed by atoms with E-state index in [1.807, 2.05) is 30.2 Å². The fourth-order valence-electron chi connectivity index (χ4n) is 7.20. The maximum Gasteiger partial charge on any atom is 0.256 e. The zero-order valence-electron chi connectivity index (χ0n) is 21.4. The van der Waals surface area contributed by atoms with E-state index in [-0.39, 0.29) is 47.9 Å². The molecule has 6 unspecified atom stereocenters. The number of hydrogen-bond donors (Lipinski definition) is 2. The van der Waals surface area contributed by atoms with Crippen LogP contribution in [0.4, 0.5) is 0 Å². The van der Waals surface area contributed by atoms with Gasteiger partial charge in [-0.3, -0.25) is 9.59 Å². The highest BCUT2D eigenvalue weighted by atomic mass is 16.5. The number of rotatable bonds is 7. The lowest BCUT2D eigenvalue weighted by molar-refractivity contribution is -0.188. The van der Waals surface area contributed by atoms with Crippen LogP contribution in [-0.2, 0) is 27.9 Å². The van der Waals surface area contributed by atoms with Crippen molar-refractivity contribution < 1.29 is 14.3 Å². The molecule has 2 saturated carbocycles. The molecule has 9 nitrogen and oxygen atoms in total. The van der Waals surface area contributed by atoms with Gasteiger partial charge in [0.2, 0.25) is 0 Å². The van der Waals surface area contributed by atoms with Crippen molar-refractivity contribution in [3.8, 4) is 0 Å². The van der Waals surface area contributed by atoms with E-state index < -0.39 is 0 Å². The minimum atomic E-state index is -0.205. The number of ether oxygens (including phenoxy) is 1. The van der Waals surface area contributed by atoms with Crippen molar-refractivity contribution in [3.05, 3.63) is 30.0 Å². The molecule has 6 atom stereocenters. The number of likely N-dealkylation sites (tertiary alicyclic amines) is 1. The Bertz CT molecular complexity index is 1000. The normalized spacial score (nSPS) is 34.2. The van der Waals surface area contributed by atoms with Gasteiger partial charge in [0, 0.05) is 50.7 Å². The predicted octanol–water partition coefficient (Wildman–Crippen LogP) is 1.35. The standard InChI is InChI=1S/C27H40N6O3/c1-31-14-10-28-23(31)16-30-20-9-8-18-24-26(20)36-22-7-3-2-6-21(22)33(24)17-19(25(18)34)27(35)29-11-15-32-12-4-5-13-32/h10,14,17-18,20-22,24,26,30H,2-9,11-13,15-16H2,1H3,(H,29,35). The van der Waals surface area contributed by atoms with Gasteiger partial charge in [-0.1, -0.05) is 12.8 Å². The Hall–Kier alpha value is -2.23. The Morgan fingerprint density at radius 3 is 2.78 bits per heavy atom. The first-order chi connectivity index (χ1) is 17.6. The molecule has 0 spiro atoms. The summed E-state index contributed by atoms with van der Waals surface area (Å²) in [6.45, 7) is 4.33. The molecule has 6 rings (SSSR count). The lowest BCUT2D eigenvalue weighted by Crippen LogP contribution is -2.70. The van der Waals surface area contributed by atoms with Crippen molar-refractivity contribution in [2.75, 3.05) is 26.2 Å². The zero-order valence-corrected chi connectivity index (χ0v) is 21.4. The summed E-state index contributed by atoms with van der Waals surface area (Å²) in [6.07, 6.45) is 14.3. The Morgan fingerprint density at radius 2 is 1.97 bits per heavy atom. The van der Waals surface area contributed by atoms with Gasteiger partial charge in [-0.2, -0.15) is 0 Å². The van der Waals surface area contributed by atoms with Crippen LogP contribution in [0.3, 0.4) is 0 Å². The van der Waals surface area contributed by atoms with Gasteiger partial charge < -0.3 is 29.7 Å². The van der Waals surface area contributed by atoms with E-state index in [9.17, 15) is 9.59 Å². The van der Waals surface area contributed by atoms with Crippen LogP contribution in [0.2, 0.25) is 0 Å². The Balaban J connectivity index is 1.21. The number of carbonyl (C=O) groups excluding carboxylic acids is 2. The van der Waals surface area contributed by atoms with Gasteiger partial charge >= 0.3 is 0 Å². The Labute approximate surface area is 213 Å². The smallest absolute Gasteiger partial charge is 0.256 e. The van der Waals surface area contributed by atoms with E-state index in [4.69, 9.17) is 4.74 Å². The van der Waals surface area contributed by atoms with Crippen LogP contribution in [-0.4, -0.2) is 87.6 Å². The topological polar surface area (TPSA) is 91.7 Å². The first-order valence-corrected chi connectivity index (χ1v) is 14.0. The third-order valence-corrected chi connectivity index (χ3v) is 9.14. The van der Waals surface area contributed by atoms with Crippen LogP contribution >= 0.6 is 0 Å². The minimum Gasteiger partial charge on any atom is -0.369 e. The van der Waals surface area contributed by atoms with E-state index in [1.165, 1.54) is 25.7 Å². The highest BCUT2D eigenvalue weighted by Gasteiger charge is 2.55. The molecular weight excluding hydrogens is 456 g/mol. The van der Waals surface area contributed by atoms with Gasteiger partial charge in [0.05, 0.1) is 36.4 Å². The van der Waals surface area contributed by atoms with Gasteiger partial charge in [0.15, 0.2) is 5.78 Å². The SMILES string of the molecule is Cn1ccnc1CNC1CCC2C(=O)C(C(=O)NCCN3CCCC3)=CN3C4CCCCC4OC1C23. The average Bonchev–Trinajstić information content (AvgIpc) is 3.56. The molecule has 1 amide bonds. The second-order valence-corrected chi connectivity index (χ2v) is 11.3. The van der Waals surface area contributed by atoms with Crippen LogP contribution < -0.4 is 10.6 Å². The van der Waals surface area contributed by atoms with Crippen molar-refractivity contribution in [1.29, 1.82) is 0 Å². The number of aromatic nitrogens is 2. The maximum absolute atomic E-state index is 13.7. The van der Waals surface area contributed by atoms with Gasteiger partial charge in [0.25, 0.3) is 5.91 Å². The second-order valence-electron chi connectivity index (χ2n) is 11.3. The minimum absolute atomic E-state index is 0.000309. The number of imidazole rings is 1. The molecule has 2 N–H and O–H groups in total. The van der Waals surface area contributed by atoms with Crippen LogP contribution in [0, 0.1) is 5.92 Å². The van der Waals surface area contributed by atoms with E-state index >= 15 is 0 Å². The largest absolute Gasteiger partial charge is 0.369 e. The molecule has 36 heavy (non-hydrogen) atoms. The van der Waals surface area contributed by atoms with E-state index in [2.05, 4.69) is 25.4 Å². The summed E-state index contributed by atoms with van der Waals surface area (Å²) < 4.78 is 8.82. The third-order valence-electron chi connectivity index (χ3n) is 9.14. The lowest BCUT2D eigenvalue weighted by atomic mass is 9.70. The molecule has 0 aromatic carbocycles. The summed E-state index contributed by atoms with van der Waals surface area (Å²) in [4.78, 5) is 36.1. The first kappa shape index (κ1) is 24.1. The highest BCUT2D eigenvalue weighted by molar-refractivity contribution is 6.20. The van der Waals surface area contributed by atoms with Crippen LogP contribution in [0.25, 0.3) is 0 Å². The number of amides is 1. The van der Waals surface area contributed by atoms with Gasteiger partial charge in [-0.25, -0.2) is 4.98 Å². The molecule has 5 aliphatic rings. The molecule has 4 fully saturated rings. The molecule has 196 valence electrons. The quantitative estimate of drug-likeness (QED) is 0.551. The maximum atomic E-state index is 13.7. The van der Waals surface area contributed by atoms with Crippen LogP contribution in [0.1, 0.15) is 57.2 Å². The number of Topliss-reactive ketones (excluding diaryl/α,β-unsaturated/α-hetero) is 1. The van der Waals surface area contributed by atoms with Crippen LogP contribution in [0.5, 0.6) is 0 Å². The molecule has 2 aliphatic carbocycles. The summed E-state index contributed by atoms with van der Waals surface area (Å²) >= 11 is 0. The number of nitrogens with one attached hydrogen (secondary N) is 2. The lowest BCUT2D eigenvalue weighted by Gasteiger charge is -2.58. The van der Waals surface area contributed by atoms with Crippen molar-refractivity contribution in [1.82, 2.24) is 30.0 Å².